The number of imidazole rings is 1. The first kappa shape index (κ1) is 21.0. The molecule has 2 N–H and O–H groups in total. The van der Waals surface area contributed by atoms with E-state index >= 15 is 0 Å². The van der Waals surface area contributed by atoms with Crippen molar-refractivity contribution >= 4 is 41.3 Å². The van der Waals surface area contributed by atoms with Crippen LogP contribution in [0.2, 0.25) is 0 Å². The SMILES string of the molecule is CN=C(NCCCCn1ccnc1C)NCC(C)c1ccsc1.I. The zero-order chi connectivity index (χ0) is 16.5. The van der Waals surface area contributed by atoms with E-state index in [0.717, 1.165) is 44.3 Å². The molecule has 0 aliphatic rings. The van der Waals surface area contributed by atoms with Gasteiger partial charge < -0.3 is 15.2 Å². The number of hydrogen-bond acceptors (Lipinski definition) is 3. The van der Waals surface area contributed by atoms with E-state index in [2.05, 4.69) is 48.9 Å². The molecule has 2 heterocycles. The Labute approximate surface area is 166 Å². The predicted molar refractivity (Wildman–Crippen MR) is 114 cm³/mol. The van der Waals surface area contributed by atoms with E-state index in [1.165, 1.54) is 5.56 Å². The van der Waals surface area contributed by atoms with Crippen LogP contribution in [0.4, 0.5) is 0 Å². The van der Waals surface area contributed by atoms with Crippen molar-refractivity contribution in [3.05, 3.63) is 40.6 Å². The molecule has 0 fully saturated rings. The van der Waals surface area contributed by atoms with Gasteiger partial charge in [-0.1, -0.05) is 6.92 Å². The van der Waals surface area contributed by atoms with E-state index in [0.29, 0.717) is 5.92 Å². The highest BCUT2D eigenvalue weighted by Crippen LogP contribution is 2.16. The van der Waals surface area contributed by atoms with Gasteiger partial charge in [-0.05, 0) is 48.1 Å². The van der Waals surface area contributed by atoms with Gasteiger partial charge in [-0.15, -0.1) is 24.0 Å². The first-order chi connectivity index (χ1) is 11.2. The third-order valence-corrected chi connectivity index (χ3v) is 4.65. The maximum atomic E-state index is 4.28. The van der Waals surface area contributed by atoms with Crippen molar-refractivity contribution in [1.29, 1.82) is 0 Å². The van der Waals surface area contributed by atoms with Crippen LogP contribution in [-0.4, -0.2) is 35.6 Å². The normalized spacial score (nSPS) is 12.5. The van der Waals surface area contributed by atoms with Crippen LogP contribution in [0.25, 0.3) is 0 Å². The maximum absolute atomic E-state index is 4.28. The van der Waals surface area contributed by atoms with Crippen molar-refractivity contribution in [2.45, 2.75) is 39.2 Å². The van der Waals surface area contributed by atoms with E-state index in [4.69, 9.17) is 0 Å². The maximum Gasteiger partial charge on any atom is 0.190 e. The van der Waals surface area contributed by atoms with E-state index < -0.39 is 0 Å². The minimum absolute atomic E-state index is 0. The predicted octanol–water partition coefficient (Wildman–Crippen LogP) is 3.62. The molecule has 0 spiro atoms. The summed E-state index contributed by atoms with van der Waals surface area (Å²) < 4.78 is 2.19. The molecular weight excluding hydrogens is 433 g/mol. The van der Waals surface area contributed by atoms with Gasteiger partial charge in [0.1, 0.15) is 5.82 Å². The standard InChI is InChI=1S/C17H27N5S.HI/c1-14(16-6-11-23-13-16)12-21-17(18-3)20-7-4-5-9-22-10-8-19-15(22)2;/h6,8,10-11,13-14H,4-5,7,9,12H2,1-3H3,(H2,18,20,21);1H. The Kier molecular flexibility index (Phi) is 10.0. The van der Waals surface area contributed by atoms with Crippen LogP contribution in [0, 0.1) is 6.92 Å². The number of nitrogens with one attached hydrogen (secondary N) is 2. The number of rotatable bonds is 8. The smallest absolute Gasteiger partial charge is 0.190 e. The van der Waals surface area contributed by atoms with Gasteiger partial charge in [-0.3, -0.25) is 4.99 Å². The Balaban J connectivity index is 0.00000288. The second-order valence-corrected chi connectivity index (χ2v) is 6.49. The minimum Gasteiger partial charge on any atom is -0.356 e. The Hall–Kier alpha value is -1.09. The first-order valence-electron chi connectivity index (χ1n) is 8.15. The Morgan fingerprint density at radius 2 is 2.21 bits per heavy atom. The summed E-state index contributed by atoms with van der Waals surface area (Å²) in [6.07, 6.45) is 6.13. The van der Waals surface area contributed by atoms with Gasteiger partial charge in [-0.2, -0.15) is 11.3 Å². The third-order valence-electron chi connectivity index (χ3n) is 3.95. The van der Waals surface area contributed by atoms with Crippen LogP contribution < -0.4 is 10.6 Å². The summed E-state index contributed by atoms with van der Waals surface area (Å²) >= 11 is 1.75. The molecule has 0 saturated carbocycles. The van der Waals surface area contributed by atoms with Crippen LogP contribution in [0.3, 0.4) is 0 Å². The van der Waals surface area contributed by atoms with Crippen LogP contribution >= 0.6 is 35.3 Å². The fraction of sp³-hybridized carbons (Fsp3) is 0.529. The molecule has 0 aliphatic carbocycles. The molecule has 2 rings (SSSR count). The summed E-state index contributed by atoms with van der Waals surface area (Å²) in [4.78, 5) is 8.52. The molecule has 2 aromatic rings. The van der Waals surface area contributed by atoms with Gasteiger partial charge in [0.2, 0.25) is 0 Å². The second-order valence-electron chi connectivity index (χ2n) is 5.71. The highest BCUT2D eigenvalue weighted by Gasteiger charge is 2.06. The second kappa shape index (κ2) is 11.5. The topological polar surface area (TPSA) is 54.2 Å². The van der Waals surface area contributed by atoms with E-state index in [9.17, 15) is 0 Å². The number of thiophene rings is 1. The highest BCUT2D eigenvalue weighted by molar-refractivity contribution is 14.0. The van der Waals surface area contributed by atoms with Crippen molar-refractivity contribution in [3.8, 4) is 0 Å². The quantitative estimate of drug-likeness (QED) is 0.273. The monoisotopic (exact) mass is 461 g/mol. The highest BCUT2D eigenvalue weighted by atomic mass is 127. The average molecular weight is 461 g/mol. The van der Waals surface area contributed by atoms with Gasteiger partial charge in [0.25, 0.3) is 0 Å². The van der Waals surface area contributed by atoms with Crippen LogP contribution in [-0.2, 0) is 6.54 Å². The zero-order valence-electron chi connectivity index (χ0n) is 14.7. The Morgan fingerprint density at radius 1 is 1.38 bits per heavy atom. The van der Waals surface area contributed by atoms with Crippen molar-refractivity contribution in [3.63, 3.8) is 0 Å². The largest absolute Gasteiger partial charge is 0.356 e. The summed E-state index contributed by atoms with van der Waals surface area (Å²) in [6, 6.07) is 2.19. The summed E-state index contributed by atoms with van der Waals surface area (Å²) in [6.45, 7) is 7.12. The number of aryl methyl sites for hydroxylation is 2. The number of aliphatic imine (C=N–C) groups is 1. The molecule has 0 saturated heterocycles. The molecule has 1 unspecified atom stereocenters. The fourth-order valence-electron chi connectivity index (χ4n) is 2.40. The lowest BCUT2D eigenvalue weighted by Gasteiger charge is -2.15. The van der Waals surface area contributed by atoms with Gasteiger partial charge in [0, 0.05) is 39.1 Å². The lowest BCUT2D eigenvalue weighted by atomic mass is 10.1. The van der Waals surface area contributed by atoms with Gasteiger partial charge in [0.05, 0.1) is 0 Å². The molecule has 0 aromatic carbocycles. The van der Waals surface area contributed by atoms with Crippen molar-refractivity contribution in [2.24, 2.45) is 4.99 Å². The third kappa shape index (κ3) is 6.80. The molecule has 7 heteroatoms. The lowest BCUT2D eigenvalue weighted by molar-refractivity contribution is 0.587. The molecule has 0 radical (unpaired) electrons. The summed E-state index contributed by atoms with van der Waals surface area (Å²) in [5.41, 5.74) is 1.38. The number of hydrogen-bond donors (Lipinski definition) is 2. The molecular formula is C17H28IN5S. The fourth-order valence-corrected chi connectivity index (χ4v) is 3.18. The van der Waals surface area contributed by atoms with Gasteiger partial charge in [0.15, 0.2) is 5.96 Å². The molecule has 134 valence electrons. The number of unbranched alkanes of at least 4 members (excludes halogenated alkanes) is 1. The summed E-state index contributed by atoms with van der Waals surface area (Å²) in [5.74, 6) is 2.45. The molecule has 0 aliphatic heterocycles. The van der Waals surface area contributed by atoms with Crippen LogP contribution in [0.15, 0.2) is 34.2 Å². The van der Waals surface area contributed by atoms with Crippen LogP contribution in [0.1, 0.15) is 37.1 Å². The Morgan fingerprint density at radius 3 is 2.83 bits per heavy atom. The van der Waals surface area contributed by atoms with E-state index in [-0.39, 0.29) is 24.0 Å². The first-order valence-corrected chi connectivity index (χ1v) is 9.09. The Bertz CT molecular complexity index is 594. The van der Waals surface area contributed by atoms with Crippen molar-refractivity contribution in [2.75, 3.05) is 20.1 Å². The van der Waals surface area contributed by atoms with E-state index in [1.807, 2.05) is 26.4 Å². The molecule has 24 heavy (non-hydrogen) atoms. The number of aromatic nitrogens is 2. The number of nitrogens with zero attached hydrogens (tertiary/aromatic N) is 3. The molecule has 2 aromatic heterocycles. The molecule has 0 bridgehead atoms. The zero-order valence-corrected chi connectivity index (χ0v) is 17.8. The summed E-state index contributed by atoms with van der Waals surface area (Å²) in [5, 5.41) is 11.1. The lowest BCUT2D eigenvalue weighted by Crippen LogP contribution is -2.39. The molecule has 5 nitrogen and oxygen atoms in total. The van der Waals surface area contributed by atoms with Crippen LogP contribution in [0.5, 0.6) is 0 Å². The van der Waals surface area contributed by atoms with Gasteiger partial charge >= 0.3 is 0 Å². The van der Waals surface area contributed by atoms with Gasteiger partial charge in [-0.25, -0.2) is 4.98 Å². The molecule has 0 amide bonds. The number of guanidine groups is 1. The molecule has 1 atom stereocenters. The van der Waals surface area contributed by atoms with Crippen molar-refractivity contribution in [1.82, 2.24) is 20.2 Å². The van der Waals surface area contributed by atoms with E-state index in [1.54, 1.807) is 11.3 Å². The van der Waals surface area contributed by atoms with Crippen molar-refractivity contribution < 1.29 is 0 Å². The summed E-state index contributed by atoms with van der Waals surface area (Å²) in [7, 11) is 1.82. The minimum atomic E-state index is 0. The number of halogens is 1. The average Bonchev–Trinajstić information content (AvgIpc) is 3.22.